The summed E-state index contributed by atoms with van der Waals surface area (Å²) in [7, 11) is 0. The summed E-state index contributed by atoms with van der Waals surface area (Å²) >= 11 is 7.65. The number of nitriles is 1. The average Bonchev–Trinajstić information content (AvgIpc) is 2.69. The molecule has 5 heteroatoms. The highest BCUT2D eigenvalue weighted by Gasteiger charge is 2.12. The van der Waals surface area contributed by atoms with Crippen LogP contribution in [0.4, 0.5) is 0 Å². The second-order valence-corrected chi connectivity index (χ2v) is 5.42. The lowest BCUT2D eigenvalue weighted by atomic mass is 10.2. The Balaban J connectivity index is 2.57. The van der Waals surface area contributed by atoms with Gasteiger partial charge in [-0.25, -0.2) is 4.68 Å². The van der Waals surface area contributed by atoms with Crippen LogP contribution < -0.4 is 0 Å². The molecule has 2 aromatic rings. The van der Waals surface area contributed by atoms with E-state index in [0.717, 1.165) is 22.0 Å². The predicted octanol–water partition coefficient (Wildman–Crippen LogP) is 3.82. The molecule has 2 rings (SSSR count). The Morgan fingerprint density at radius 3 is 2.83 bits per heavy atom. The quantitative estimate of drug-likeness (QED) is 0.801. The molecule has 0 aliphatic carbocycles. The molecule has 0 saturated carbocycles. The van der Waals surface area contributed by atoms with E-state index >= 15 is 0 Å². The lowest BCUT2D eigenvalue weighted by Gasteiger charge is -2.08. The zero-order valence-electron chi connectivity index (χ0n) is 10.1. The molecule has 0 N–H and O–H groups in total. The van der Waals surface area contributed by atoms with Gasteiger partial charge in [-0.15, -0.1) is 11.8 Å². The molecule has 0 amide bonds. The minimum Gasteiger partial charge on any atom is -0.238 e. The first-order chi connectivity index (χ1) is 8.67. The Morgan fingerprint density at radius 2 is 2.28 bits per heavy atom. The number of aromatic nitrogens is 2. The summed E-state index contributed by atoms with van der Waals surface area (Å²) in [6.07, 6.45) is 1.73. The van der Waals surface area contributed by atoms with Crippen LogP contribution in [0, 0.1) is 18.3 Å². The standard InChI is InChI=1S/C13H12ClN3S/c1-3-18-13-6-4-5-12(10(13)7-15)17-8-11(14)9(2)16-17/h4-6,8H,3H2,1-2H3. The van der Waals surface area contributed by atoms with Gasteiger partial charge < -0.3 is 0 Å². The fourth-order valence-corrected chi connectivity index (χ4v) is 2.57. The normalized spacial score (nSPS) is 10.3. The molecule has 0 radical (unpaired) electrons. The summed E-state index contributed by atoms with van der Waals surface area (Å²) in [5.74, 6) is 0.928. The zero-order valence-corrected chi connectivity index (χ0v) is 11.7. The molecule has 18 heavy (non-hydrogen) atoms. The number of benzene rings is 1. The van der Waals surface area contributed by atoms with E-state index in [0.29, 0.717) is 10.6 Å². The number of hydrogen-bond donors (Lipinski definition) is 0. The van der Waals surface area contributed by atoms with Crippen LogP contribution in [0.15, 0.2) is 29.3 Å². The van der Waals surface area contributed by atoms with Crippen molar-refractivity contribution in [1.29, 1.82) is 5.26 Å². The lowest BCUT2D eigenvalue weighted by Crippen LogP contribution is -1.99. The SMILES string of the molecule is CCSc1cccc(-n2cc(Cl)c(C)n2)c1C#N. The van der Waals surface area contributed by atoms with Crippen LogP contribution in [0.5, 0.6) is 0 Å². The number of halogens is 1. The van der Waals surface area contributed by atoms with Crippen molar-refractivity contribution in [3.05, 3.63) is 40.7 Å². The van der Waals surface area contributed by atoms with Crippen molar-refractivity contribution in [2.45, 2.75) is 18.7 Å². The van der Waals surface area contributed by atoms with E-state index in [4.69, 9.17) is 11.6 Å². The van der Waals surface area contributed by atoms with E-state index in [1.807, 2.05) is 25.1 Å². The summed E-state index contributed by atoms with van der Waals surface area (Å²) < 4.78 is 1.66. The summed E-state index contributed by atoms with van der Waals surface area (Å²) in [5, 5.41) is 14.2. The van der Waals surface area contributed by atoms with Crippen LogP contribution in [0.1, 0.15) is 18.2 Å². The molecule has 0 aliphatic rings. The first kappa shape index (κ1) is 13.0. The molecule has 0 fully saturated rings. The average molecular weight is 278 g/mol. The number of nitrogens with zero attached hydrogens (tertiary/aromatic N) is 3. The molecule has 0 spiro atoms. The number of thioether (sulfide) groups is 1. The molecule has 0 unspecified atom stereocenters. The van der Waals surface area contributed by atoms with Crippen LogP contribution in [-0.4, -0.2) is 15.5 Å². The smallest absolute Gasteiger partial charge is 0.103 e. The fraction of sp³-hybridized carbons (Fsp3) is 0.231. The van der Waals surface area contributed by atoms with Crippen molar-refractivity contribution in [2.75, 3.05) is 5.75 Å². The van der Waals surface area contributed by atoms with Crippen molar-refractivity contribution >= 4 is 23.4 Å². The highest BCUT2D eigenvalue weighted by atomic mass is 35.5. The molecule has 0 atom stereocenters. The zero-order chi connectivity index (χ0) is 13.1. The van der Waals surface area contributed by atoms with Crippen molar-refractivity contribution in [2.24, 2.45) is 0 Å². The third-order valence-corrected chi connectivity index (χ3v) is 3.81. The van der Waals surface area contributed by atoms with E-state index < -0.39 is 0 Å². The summed E-state index contributed by atoms with van der Waals surface area (Å²) in [6.45, 7) is 3.91. The topological polar surface area (TPSA) is 41.6 Å². The first-order valence-electron chi connectivity index (χ1n) is 5.55. The Bertz CT molecular complexity index is 594. The molecule has 0 aliphatic heterocycles. The van der Waals surface area contributed by atoms with E-state index in [9.17, 15) is 5.26 Å². The van der Waals surface area contributed by atoms with Crippen molar-refractivity contribution in [3.8, 4) is 11.8 Å². The molecule has 1 heterocycles. The lowest BCUT2D eigenvalue weighted by molar-refractivity contribution is 0.856. The van der Waals surface area contributed by atoms with Gasteiger partial charge in [0.15, 0.2) is 0 Å². The van der Waals surface area contributed by atoms with Gasteiger partial charge in [0.2, 0.25) is 0 Å². The summed E-state index contributed by atoms with van der Waals surface area (Å²) in [6, 6.07) is 8.01. The largest absolute Gasteiger partial charge is 0.238 e. The summed E-state index contributed by atoms with van der Waals surface area (Å²) in [5.41, 5.74) is 2.17. The minimum absolute atomic E-state index is 0.604. The van der Waals surface area contributed by atoms with Gasteiger partial charge in [0, 0.05) is 11.1 Å². The maximum Gasteiger partial charge on any atom is 0.103 e. The van der Waals surface area contributed by atoms with Gasteiger partial charge in [0.25, 0.3) is 0 Å². The Labute approximate surface area is 115 Å². The molecular weight excluding hydrogens is 266 g/mol. The maximum atomic E-state index is 9.33. The van der Waals surface area contributed by atoms with Gasteiger partial charge in [-0.2, -0.15) is 10.4 Å². The monoisotopic (exact) mass is 277 g/mol. The van der Waals surface area contributed by atoms with Gasteiger partial charge in [0.05, 0.1) is 22.0 Å². The van der Waals surface area contributed by atoms with Gasteiger partial charge in [-0.05, 0) is 24.8 Å². The third-order valence-electron chi connectivity index (χ3n) is 2.50. The van der Waals surface area contributed by atoms with Gasteiger partial charge in [0.1, 0.15) is 6.07 Å². The number of aryl methyl sites for hydroxylation is 1. The second-order valence-electron chi connectivity index (χ2n) is 3.70. The van der Waals surface area contributed by atoms with E-state index in [1.165, 1.54) is 0 Å². The number of hydrogen-bond acceptors (Lipinski definition) is 3. The fourth-order valence-electron chi connectivity index (χ4n) is 1.66. The van der Waals surface area contributed by atoms with Crippen LogP contribution in [-0.2, 0) is 0 Å². The van der Waals surface area contributed by atoms with E-state index in [1.54, 1.807) is 22.6 Å². The van der Waals surface area contributed by atoms with E-state index in [-0.39, 0.29) is 0 Å². The molecule has 3 nitrogen and oxygen atoms in total. The predicted molar refractivity (Wildman–Crippen MR) is 74.4 cm³/mol. The molecule has 0 saturated heterocycles. The molecule has 0 bridgehead atoms. The molecule has 92 valence electrons. The molecule has 1 aromatic heterocycles. The Morgan fingerprint density at radius 1 is 1.50 bits per heavy atom. The van der Waals surface area contributed by atoms with Crippen molar-refractivity contribution in [1.82, 2.24) is 9.78 Å². The third kappa shape index (κ3) is 2.38. The van der Waals surface area contributed by atoms with Crippen molar-refractivity contribution < 1.29 is 0 Å². The van der Waals surface area contributed by atoms with Gasteiger partial charge in [-0.1, -0.05) is 24.6 Å². The van der Waals surface area contributed by atoms with Crippen LogP contribution in [0.3, 0.4) is 0 Å². The van der Waals surface area contributed by atoms with Gasteiger partial charge in [-0.3, -0.25) is 0 Å². The second kappa shape index (κ2) is 5.47. The summed E-state index contributed by atoms with van der Waals surface area (Å²) in [4.78, 5) is 0.974. The molecular formula is C13H12ClN3S. The first-order valence-corrected chi connectivity index (χ1v) is 6.91. The Kier molecular flexibility index (Phi) is 3.95. The van der Waals surface area contributed by atoms with Crippen molar-refractivity contribution in [3.63, 3.8) is 0 Å². The van der Waals surface area contributed by atoms with E-state index in [2.05, 4.69) is 18.1 Å². The van der Waals surface area contributed by atoms with Crippen LogP contribution in [0.2, 0.25) is 5.02 Å². The highest BCUT2D eigenvalue weighted by Crippen LogP contribution is 2.27. The maximum absolute atomic E-state index is 9.33. The molecule has 1 aromatic carbocycles. The Hall–Kier alpha value is -1.44. The van der Waals surface area contributed by atoms with Gasteiger partial charge >= 0.3 is 0 Å². The minimum atomic E-state index is 0.604. The van der Waals surface area contributed by atoms with Crippen LogP contribution in [0.25, 0.3) is 5.69 Å². The van der Waals surface area contributed by atoms with Crippen LogP contribution >= 0.6 is 23.4 Å². The number of rotatable bonds is 3. The highest BCUT2D eigenvalue weighted by molar-refractivity contribution is 7.99.